The summed E-state index contributed by atoms with van der Waals surface area (Å²) in [6.45, 7) is 2.77. The Morgan fingerprint density at radius 2 is 1.73 bits per heavy atom. The third-order valence-corrected chi connectivity index (χ3v) is 5.01. The molecule has 0 aromatic heterocycles. The minimum Gasteiger partial charge on any atom is -0.497 e. The normalized spacial score (nSPS) is 10.6. The van der Waals surface area contributed by atoms with Crippen LogP contribution in [0.3, 0.4) is 0 Å². The van der Waals surface area contributed by atoms with Gasteiger partial charge in [-0.1, -0.05) is 29.3 Å². The Hall–Kier alpha value is -2.63. The summed E-state index contributed by atoms with van der Waals surface area (Å²) in [7, 11) is 1.63. The SMILES string of the molecule is CCOc1cc(CNc2ccc(OC)cc2)cc(Cl)c1OCc1c(F)cccc1Cl. The molecule has 0 atom stereocenters. The highest BCUT2D eigenvalue weighted by Crippen LogP contribution is 2.38. The number of halogens is 3. The van der Waals surface area contributed by atoms with Crippen molar-refractivity contribution in [2.24, 2.45) is 0 Å². The first-order valence-electron chi connectivity index (χ1n) is 9.40. The summed E-state index contributed by atoms with van der Waals surface area (Å²) in [6, 6.07) is 15.8. The summed E-state index contributed by atoms with van der Waals surface area (Å²) in [6.07, 6.45) is 0. The lowest BCUT2D eigenvalue weighted by Crippen LogP contribution is -2.05. The minimum atomic E-state index is -0.433. The first-order chi connectivity index (χ1) is 14.5. The topological polar surface area (TPSA) is 39.7 Å². The van der Waals surface area contributed by atoms with Crippen molar-refractivity contribution in [3.8, 4) is 17.2 Å². The van der Waals surface area contributed by atoms with Crippen molar-refractivity contribution in [3.63, 3.8) is 0 Å². The molecule has 0 saturated carbocycles. The van der Waals surface area contributed by atoms with Gasteiger partial charge < -0.3 is 19.5 Å². The van der Waals surface area contributed by atoms with E-state index >= 15 is 0 Å². The fourth-order valence-electron chi connectivity index (χ4n) is 2.85. The monoisotopic (exact) mass is 449 g/mol. The second-order valence-corrected chi connectivity index (χ2v) is 7.22. The van der Waals surface area contributed by atoms with E-state index in [4.69, 9.17) is 37.4 Å². The lowest BCUT2D eigenvalue weighted by atomic mass is 10.2. The van der Waals surface area contributed by atoms with Crippen LogP contribution in [-0.4, -0.2) is 13.7 Å². The molecule has 0 bridgehead atoms. The Balaban J connectivity index is 1.76. The highest BCUT2D eigenvalue weighted by molar-refractivity contribution is 6.32. The van der Waals surface area contributed by atoms with Crippen molar-refractivity contribution in [1.29, 1.82) is 0 Å². The van der Waals surface area contributed by atoms with Crippen LogP contribution in [0.2, 0.25) is 10.0 Å². The van der Waals surface area contributed by atoms with Gasteiger partial charge in [0.15, 0.2) is 11.5 Å². The molecule has 0 aliphatic rings. The third kappa shape index (κ3) is 5.49. The lowest BCUT2D eigenvalue weighted by Gasteiger charge is -2.16. The second-order valence-electron chi connectivity index (χ2n) is 6.41. The second kappa shape index (κ2) is 10.4. The fraction of sp³-hybridized carbons (Fsp3) is 0.217. The molecule has 30 heavy (non-hydrogen) atoms. The molecular formula is C23H22Cl2FNO3. The van der Waals surface area contributed by atoms with Gasteiger partial charge in [-0.2, -0.15) is 0 Å². The number of nitrogens with one attached hydrogen (secondary N) is 1. The van der Waals surface area contributed by atoms with E-state index in [0.29, 0.717) is 34.7 Å². The molecule has 0 unspecified atom stereocenters. The first-order valence-corrected chi connectivity index (χ1v) is 10.2. The molecule has 0 aliphatic heterocycles. The Kier molecular flexibility index (Phi) is 7.66. The number of anilines is 1. The van der Waals surface area contributed by atoms with Crippen molar-refractivity contribution in [3.05, 3.63) is 81.6 Å². The number of benzene rings is 3. The maximum Gasteiger partial charge on any atom is 0.180 e. The van der Waals surface area contributed by atoms with Gasteiger partial charge >= 0.3 is 0 Å². The van der Waals surface area contributed by atoms with Crippen LogP contribution < -0.4 is 19.5 Å². The summed E-state index contributed by atoms with van der Waals surface area (Å²) >= 11 is 12.5. The quantitative estimate of drug-likeness (QED) is 0.392. The average Bonchev–Trinajstić information content (AvgIpc) is 2.74. The molecule has 0 spiro atoms. The molecule has 0 heterocycles. The van der Waals surface area contributed by atoms with Crippen LogP contribution in [0.15, 0.2) is 54.6 Å². The largest absolute Gasteiger partial charge is 0.497 e. The molecule has 3 aromatic carbocycles. The zero-order chi connectivity index (χ0) is 21.5. The van der Waals surface area contributed by atoms with Crippen LogP contribution in [-0.2, 0) is 13.2 Å². The molecule has 0 fully saturated rings. The van der Waals surface area contributed by atoms with E-state index in [9.17, 15) is 4.39 Å². The smallest absolute Gasteiger partial charge is 0.180 e. The summed E-state index contributed by atoms with van der Waals surface area (Å²) in [5.41, 5.74) is 2.12. The van der Waals surface area contributed by atoms with Gasteiger partial charge in [0.25, 0.3) is 0 Å². The van der Waals surface area contributed by atoms with E-state index in [2.05, 4.69) is 5.32 Å². The van der Waals surface area contributed by atoms with Crippen LogP contribution in [0, 0.1) is 5.82 Å². The van der Waals surface area contributed by atoms with Crippen molar-refractivity contribution < 1.29 is 18.6 Å². The number of hydrogen-bond donors (Lipinski definition) is 1. The summed E-state index contributed by atoms with van der Waals surface area (Å²) in [5, 5.41) is 3.99. The van der Waals surface area contributed by atoms with E-state index < -0.39 is 5.82 Å². The van der Waals surface area contributed by atoms with E-state index in [0.717, 1.165) is 17.0 Å². The summed E-state index contributed by atoms with van der Waals surface area (Å²) < 4.78 is 30.7. The van der Waals surface area contributed by atoms with E-state index in [1.807, 2.05) is 37.3 Å². The molecule has 3 aromatic rings. The molecule has 4 nitrogen and oxygen atoms in total. The van der Waals surface area contributed by atoms with Crippen molar-refractivity contribution >= 4 is 28.9 Å². The Bertz CT molecular complexity index is 976. The van der Waals surface area contributed by atoms with Gasteiger partial charge in [0.2, 0.25) is 0 Å². The summed E-state index contributed by atoms with van der Waals surface area (Å²) in [4.78, 5) is 0. The van der Waals surface area contributed by atoms with Crippen molar-refractivity contribution in [2.45, 2.75) is 20.1 Å². The minimum absolute atomic E-state index is 0.0608. The van der Waals surface area contributed by atoms with E-state index in [-0.39, 0.29) is 12.2 Å². The van der Waals surface area contributed by atoms with Gasteiger partial charge in [0.1, 0.15) is 18.2 Å². The zero-order valence-corrected chi connectivity index (χ0v) is 18.2. The van der Waals surface area contributed by atoms with Crippen LogP contribution in [0.1, 0.15) is 18.1 Å². The fourth-order valence-corrected chi connectivity index (χ4v) is 3.36. The maximum absolute atomic E-state index is 14.0. The van der Waals surface area contributed by atoms with Gasteiger partial charge in [-0.05, 0) is 61.0 Å². The molecule has 0 saturated heterocycles. The van der Waals surface area contributed by atoms with Crippen LogP contribution in [0.25, 0.3) is 0 Å². The molecule has 0 amide bonds. The molecule has 7 heteroatoms. The Morgan fingerprint density at radius 3 is 2.40 bits per heavy atom. The Labute approximate surface area is 185 Å². The molecule has 1 N–H and O–H groups in total. The highest BCUT2D eigenvalue weighted by atomic mass is 35.5. The van der Waals surface area contributed by atoms with Gasteiger partial charge in [0.05, 0.1) is 23.8 Å². The molecule has 0 radical (unpaired) electrons. The van der Waals surface area contributed by atoms with Crippen LogP contribution in [0.4, 0.5) is 10.1 Å². The predicted octanol–water partition coefficient (Wildman–Crippen LogP) is 6.73. The van der Waals surface area contributed by atoms with Gasteiger partial charge in [-0.25, -0.2) is 4.39 Å². The van der Waals surface area contributed by atoms with Crippen LogP contribution in [0.5, 0.6) is 17.2 Å². The highest BCUT2D eigenvalue weighted by Gasteiger charge is 2.15. The maximum atomic E-state index is 14.0. The van der Waals surface area contributed by atoms with Gasteiger partial charge in [-0.3, -0.25) is 0 Å². The number of methoxy groups -OCH3 is 1. The molecule has 158 valence electrons. The lowest BCUT2D eigenvalue weighted by molar-refractivity contribution is 0.266. The van der Waals surface area contributed by atoms with Crippen LogP contribution >= 0.6 is 23.2 Å². The van der Waals surface area contributed by atoms with Gasteiger partial charge in [0, 0.05) is 17.8 Å². The van der Waals surface area contributed by atoms with Crippen molar-refractivity contribution in [1.82, 2.24) is 0 Å². The van der Waals surface area contributed by atoms with Crippen molar-refractivity contribution in [2.75, 3.05) is 19.0 Å². The number of rotatable bonds is 9. The average molecular weight is 450 g/mol. The zero-order valence-electron chi connectivity index (χ0n) is 16.7. The van der Waals surface area contributed by atoms with E-state index in [1.165, 1.54) is 6.07 Å². The first kappa shape index (κ1) is 22.1. The van der Waals surface area contributed by atoms with E-state index in [1.54, 1.807) is 25.3 Å². The molecular weight excluding hydrogens is 428 g/mol. The number of ether oxygens (including phenoxy) is 3. The number of hydrogen-bond acceptors (Lipinski definition) is 4. The summed E-state index contributed by atoms with van der Waals surface area (Å²) in [5.74, 6) is 1.20. The molecule has 3 rings (SSSR count). The molecule has 0 aliphatic carbocycles. The predicted molar refractivity (Wildman–Crippen MR) is 119 cm³/mol. The van der Waals surface area contributed by atoms with Gasteiger partial charge in [-0.15, -0.1) is 0 Å². The Morgan fingerprint density at radius 1 is 0.967 bits per heavy atom. The standard InChI is InChI=1S/C23H22Cl2FNO3/c1-3-29-22-12-15(13-27-16-7-9-17(28-2)10-8-16)11-20(25)23(22)30-14-18-19(24)5-4-6-21(18)26/h4-12,27H,3,13-14H2,1-2H3. The third-order valence-electron chi connectivity index (χ3n) is 4.38.